The lowest BCUT2D eigenvalue weighted by Crippen LogP contribution is -2.47. The molecule has 0 radical (unpaired) electrons. The van der Waals surface area contributed by atoms with E-state index in [0.29, 0.717) is 32.8 Å². The summed E-state index contributed by atoms with van der Waals surface area (Å²) in [6, 6.07) is 0. The molecule has 0 spiro atoms. The highest BCUT2D eigenvalue weighted by atomic mass is 16.5. The fraction of sp³-hybridized carbons (Fsp3) is 0.857. The van der Waals surface area contributed by atoms with E-state index in [1.165, 1.54) is 0 Å². The number of hydrogen-bond donors (Lipinski definition) is 2. The van der Waals surface area contributed by atoms with Crippen LogP contribution in [0, 0.1) is 0 Å². The van der Waals surface area contributed by atoms with Crippen molar-refractivity contribution in [2.45, 2.75) is 38.9 Å². The van der Waals surface area contributed by atoms with Crippen LogP contribution in [0.3, 0.4) is 0 Å². The number of rotatable bonds is 9. The van der Waals surface area contributed by atoms with Gasteiger partial charge in [-0.05, 0) is 20.3 Å². The van der Waals surface area contributed by atoms with E-state index >= 15 is 0 Å². The van der Waals surface area contributed by atoms with Gasteiger partial charge in [0.25, 0.3) is 0 Å². The maximum atomic E-state index is 11.8. The fourth-order valence-electron chi connectivity index (χ4n) is 2.12. The van der Waals surface area contributed by atoms with Crippen molar-refractivity contribution in [3.63, 3.8) is 0 Å². The molecule has 0 aromatic carbocycles. The van der Waals surface area contributed by atoms with Crippen molar-refractivity contribution in [2.75, 3.05) is 39.4 Å². The molecule has 1 rings (SSSR count). The number of carbonyl (C=O) groups excluding carboxylic acids is 1. The summed E-state index contributed by atoms with van der Waals surface area (Å²) in [5.41, 5.74) is 0. The number of morpholine rings is 1. The molecule has 1 unspecified atom stereocenters. The maximum Gasteiger partial charge on any atom is 0.306 e. The van der Waals surface area contributed by atoms with Crippen molar-refractivity contribution in [3.05, 3.63) is 0 Å². The van der Waals surface area contributed by atoms with E-state index in [4.69, 9.17) is 14.6 Å². The van der Waals surface area contributed by atoms with E-state index in [1.54, 1.807) is 0 Å². The third-order valence-corrected chi connectivity index (χ3v) is 3.09. The average molecular weight is 302 g/mol. The van der Waals surface area contributed by atoms with E-state index < -0.39 is 5.97 Å². The number of amides is 1. The molecule has 122 valence electrons. The Balaban J connectivity index is 2.14. The number of aliphatic carboxylic acids is 1. The van der Waals surface area contributed by atoms with Gasteiger partial charge in [0.15, 0.2) is 0 Å². The number of carboxylic acids is 1. The van der Waals surface area contributed by atoms with E-state index in [2.05, 4.69) is 5.32 Å². The lowest BCUT2D eigenvalue weighted by atomic mass is 10.2. The topological polar surface area (TPSA) is 88.1 Å². The summed E-state index contributed by atoms with van der Waals surface area (Å²) in [5.74, 6) is -0.924. The number of nitrogens with zero attached hydrogens (tertiary/aromatic N) is 1. The maximum absolute atomic E-state index is 11.8. The number of carboxylic acid groups (broad SMARTS) is 1. The quantitative estimate of drug-likeness (QED) is 0.587. The van der Waals surface area contributed by atoms with Gasteiger partial charge in [-0.15, -0.1) is 0 Å². The molecule has 1 saturated heterocycles. The zero-order chi connectivity index (χ0) is 15.7. The standard InChI is InChI=1S/C14H26N2O5/c1-11(2)20-6-3-4-15-13(17)10-16-5-7-21-12(9-16)8-14(18)19/h11-12H,3-10H2,1-2H3,(H,15,17)(H,18,19). The molecule has 1 heterocycles. The molecular weight excluding hydrogens is 276 g/mol. The number of carbonyl (C=O) groups is 2. The average Bonchev–Trinajstić information content (AvgIpc) is 2.37. The van der Waals surface area contributed by atoms with Crippen LogP contribution in [0.2, 0.25) is 0 Å². The Kier molecular flexibility index (Phi) is 8.26. The molecule has 7 heteroatoms. The van der Waals surface area contributed by atoms with Crippen molar-refractivity contribution in [1.82, 2.24) is 10.2 Å². The predicted octanol–water partition coefficient (Wildman–Crippen LogP) is 0.0932. The predicted molar refractivity (Wildman–Crippen MR) is 77.1 cm³/mol. The van der Waals surface area contributed by atoms with Crippen molar-refractivity contribution < 1.29 is 24.2 Å². The van der Waals surface area contributed by atoms with Crippen LogP contribution in [-0.2, 0) is 19.1 Å². The summed E-state index contributed by atoms with van der Waals surface area (Å²) in [6.45, 7) is 7.06. The zero-order valence-electron chi connectivity index (χ0n) is 12.8. The van der Waals surface area contributed by atoms with Crippen LogP contribution in [0.25, 0.3) is 0 Å². The molecule has 0 aliphatic carbocycles. The second kappa shape index (κ2) is 9.70. The van der Waals surface area contributed by atoms with Gasteiger partial charge in [0.2, 0.25) is 5.91 Å². The van der Waals surface area contributed by atoms with Crippen molar-refractivity contribution in [1.29, 1.82) is 0 Å². The van der Waals surface area contributed by atoms with Gasteiger partial charge < -0.3 is 19.9 Å². The number of ether oxygens (including phenoxy) is 2. The lowest BCUT2D eigenvalue weighted by molar-refractivity contribution is -0.142. The van der Waals surface area contributed by atoms with Gasteiger partial charge >= 0.3 is 5.97 Å². The number of hydrogen-bond acceptors (Lipinski definition) is 5. The molecule has 0 aromatic heterocycles. The Morgan fingerprint density at radius 1 is 1.48 bits per heavy atom. The Hall–Kier alpha value is -1.18. The molecule has 1 amide bonds. The van der Waals surface area contributed by atoms with Crippen LogP contribution in [0.1, 0.15) is 26.7 Å². The monoisotopic (exact) mass is 302 g/mol. The third-order valence-electron chi connectivity index (χ3n) is 3.09. The highest BCUT2D eigenvalue weighted by molar-refractivity contribution is 5.78. The molecule has 0 aromatic rings. The second-order valence-electron chi connectivity index (χ2n) is 5.45. The normalized spacial score (nSPS) is 19.7. The van der Waals surface area contributed by atoms with Gasteiger partial charge in [-0.2, -0.15) is 0 Å². The highest BCUT2D eigenvalue weighted by Gasteiger charge is 2.23. The van der Waals surface area contributed by atoms with Crippen LogP contribution < -0.4 is 5.32 Å². The molecule has 0 bridgehead atoms. The molecule has 1 fully saturated rings. The lowest BCUT2D eigenvalue weighted by Gasteiger charge is -2.31. The molecule has 7 nitrogen and oxygen atoms in total. The van der Waals surface area contributed by atoms with E-state index in [1.807, 2.05) is 18.7 Å². The molecule has 1 atom stereocenters. The second-order valence-corrected chi connectivity index (χ2v) is 5.45. The first-order valence-corrected chi connectivity index (χ1v) is 7.41. The van der Waals surface area contributed by atoms with Crippen LogP contribution in [0.5, 0.6) is 0 Å². The van der Waals surface area contributed by atoms with E-state index in [9.17, 15) is 9.59 Å². The largest absolute Gasteiger partial charge is 0.481 e. The van der Waals surface area contributed by atoms with Crippen molar-refractivity contribution >= 4 is 11.9 Å². The van der Waals surface area contributed by atoms with E-state index in [0.717, 1.165) is 6.42 Å². The van der Waals surface area contributed by atoms with Gasteiger partial charge in [0, 0.05) is 26.2 Å². The highest BCUT2D eigenvalue weighted by Crippen LogP contribution is 2.08. The first kappa shape index (κ1) is 17.9. The molecule has 21 heavy (non-hydrogen) atoms. The Morgan fingerprint density at radius 3 is 2.90 bits per heavy atom. The minimum absolute atomic E-state index is 0.0232. The van der Waals surface area contributed by atoms with Crippen LogP contribution in [0.4, 0.5) is 0 Å². The Morgan fingerprint density at radius 2 is 2.24 bits per heavy atom. The Bertz CT molecular complexity index is 335. The van der Waals surface area contributed by atoms with Gasteiger partial charge in [0.05, 0.1) is 31.8 Å². The summed E-state index contributed by atoms with van der Waals surface area (Å²) in [7, 11) is 0. The SMILES string of the molecule is CC(C)OCCCNC(=O)CN1CCOC(CC(=O)O)C1. The van der Waals surface area contributed by atoms with Crippen LogP contribution >= 0.6 is 0 Å². The van der Waals surface area contributed by atoms with Gasteiger partial charge in [-0.25, -0.2) is 0 Å². The first-order valence-electron chi connectivity index (χ1n) is 7.41. The van der Waals surface area contributed by atoms with Crippen LogP contribution in [0.15, 0.2) is 0 Å². The van der Waals surface area contributed by atoms with Crippen LogP contribution in [-0.4, -0.2) is 73.5 Å². The summed E-state index contributed by atoms with van der Waals surface area (Å²) in [4.78, 5) is 24.4. The number of nitrogens with one attached hydrogen (secondary N) is 1. The third kappa shape index (κ3) is 8.64. The zero-order valence-corrected chi connectivity index (χ0v) is 12.8. The molecule has 1 aliphatic heterocycles. The molecule has 0 saturated carbocycles. The smallest absolute Gasteiger partial charge is 0.306 e. The fourth-order valence-corrected chi connectivity index (χ4v) is 2.12. The van der Waals surface area contributed by atoms with Crippen molar-refractivity contribution in [3.8, 4) is 0 Å². The molecule has 2 N–H and O–H groups in total. The molecular formula is C14H26N2O5. The van der Waals surface area contributed by atoms with Gasteiger partial charge in [-0.1, -0.05) is 0 Å². The minimum atomic E-state index is -0.878. The molecule has 1 aliphatic rings. The van der Waals surface area contributed by atoms with E-state index in [-0.39, 0.29) is 31.1 Å². The Labute approximate surface area is 125 Å². The summed E-state index contributed by atoms with van der Waals surface area (Å²) >= 11 is 0. The van der Waals surface area contributed by atoms with Gasteiger partial charge in [0.1, 0.15) is 0 Å². The first-order chi connectivity index (χ1) is 9.97. The van der Waals surface area contributed by atoms with Crippen molar-refractivity contribution in [2.24, 2.45) is 0 Å². The summed E-state index contributed by atoms with van der Waals surface area (Å²) < 4.78 is 10.8. The minimum Gasteiger partial charge on any atom is -0.481 e. The summed E-state index contributed by atoms with van der Waals surface area (Å²) in [6.07, 6.45) is 0.642. The summed E-state index contributed by atoms with van der Waals surface area (Å²) in [5, 5.41) is 11.6. The van der Waals surface area contributed by atoms with Gasteiger partial charge in [-0.3, -0.25) is 14.5 Å².